The summed E-state index contributed by atoms with van der Waals surface area (Å²) in [6.07, 6.45) is 2.67. The molecule has 0 aliphatic heterocycles. The van der Waals surface area contributed by atoms with Crippen molar-refractivity contribution < 1.29 is 9.90 Å². The highest BCUT2D eigenvalue weighted by Crippen LogP contribution is 2.28. The number of amides is 1. The molecule has 3 aromatic rings. The Kier molecular flexibility index (Phi) is 4.67. The van der Waals surface area contributed by atoms with E-state index in [0.717, 1.165) is 0 Å². The minimum atomic E-state index is -0.614. The molecule has 0 atom stereocenters. The Hall–Kier alpha value is -3.32. The van der Waals surface area contributed by atoms with Crippen LogP contribution in [0.2, 0.25) is 5.02 Å². The number of nitrogens with two attached hydrogens (primary N) is 1. The number of aromatic hydroxyl groups is 1. The van der Waals surface area contributed by atoms with Crippen LogP contribution in [0, 0.1) is 0 Å². The van der Waals surface area contributed by atoms with Crippen molar-refractivity contribution in [2.75, 3.05) is 10.6 Å². The summed E-state index contributed by atoms with van der Waals surface area (Å²) < 4.78 is 0. The monoisotopic (exact) mass is 355 g/mol. The summed E-state index contributed by atoms with van der Waals surface area (Å²) in [5.74, 6) is 0.374. The van der Waals surface area contributed by atoms with E-state index in [2.05, 4.69) is 20.6 Å². The SMILES string of the molecule is NC(=O)c1cnc(Nc2ccc(O)cn2)cc1Nc1ccccc1Cl. The maximum atomic E-state index is 11.7. The summed E-state index contributed by atoms with van der Waals surface area (Å²) in [7, 11) is 0. The average Bonchev–Trinajstić information content (AvgIpc) is 2.59. The molecule has 2 aromatic heterocycles. The molecule has 8 heteroatoms. The molecule has 2 heterocycles. The largest absolute Gasteiger partial charge is 0.506 e. The quantitative estimate of drug-likeness (QED) is 0.557. The van der Waals surface area contributed by atoms with E-state index in [-0.39, 0.29) is 11.3 Å². The number of carbonyl (C=O) groups excluding carboxylic acids is 1. The molecule has 3 rings (SSSR count). The van der Waals surface area contributed by atoms with Crippen molar-refractivity contribution >= 4 is 40.5 Å². The van der Waals surface area contributed by atoms with Gasteiger partial charge in [0, 0.05) is 12.3 Å². The number of anilines is 4. The number of para-hydroxylation sites is 1. The van der Waals surface area contributed by atoms with Gasteiger partial charge in [0.2, 0.25) is 0 Å². The summed E-state index contributed by atoms with van der Waals surface area (Å²) in [5, 5.41) is 15.8. The number of carbonyl (C=O) groups is 1. The number of hydrogen-bond donors (Lipinski definition) is 4. The van der Waals surface area contributed by atoms with E-state index in [1.807, 2.05) is 6.07 Å². The Labute approximate surface area is 148 Å². The van der Waals surface area contributed by atoms with Crippen molar-refractivity contribution in [2.24, 2.45) is 5.73 Å². The van der Waals surface area contributed by atoms with Crippen LogP contribution in [0.5, 0.6) is 5.75 Å². The lowest BCUT2D eigenvalue weighted by atomic mass is 10.2. The fourth-order valence-electron chi connectivity index (χ4n) is 2.12. The second-order valence-electron chi connectivity index (χ2n) is 5.11. The topological polar surface area (TPSA) is 113 Å². The highest BCUT2D eigenvalue weighted by atomic mass is 35.5. The molecular weight excluding hydrogens is 342 g/mol. The average molecular weight is 356 g/mol. The van der Waals surface area contributed by atoms with Crippen molar-refractivity contribution in [3.05, 3.63) is 65.4 Å². The van der Waals surface area contributed by atoms with Crippen molar-refractivity contribution in [1.29, 1.82) is 0 Å². The first kappa shape index (κ1) is 16.5. The number of nitrogens with zero attached hydrogens (tertiary/aromatic N) is 2. The number of halogens is 1. The van der Waals surface area contributed by atoms with Crippen LogP contribution in [-0.2, 0) is 0 Å². The predicted molar refractivity (Wildman–Crippen MR) is 96.7 cm³/mol. The van der Waals surface area contributed by atoms with Gasteiger partial charge in [-0.3, -0.25) is 4.79 Å². The molecule has 0 bridgehead atoms. The molecule has 0 saturated carbocycles. The molecule has 126 valence electrons. The number of nitrogens with one attached hydrogen (secondary N) is 2. The zero-order chi connectivity index (χ0) is 17.8. The van der Waals surface area contributed by atoms with Crippen molar-refractivity contribution in [1.82, 2.24) is 9.97 Å². The Bertz CT molecular complexity index is 915. The van der Waals surface area contributed by atoms with Crippen LogP contribution in [0.1, 0.15) is 10.4 Å². The van der Waals surface area contributed by atoms with Crippen molar-refractivity contribution in [2.45, 2.75) is 0 Å². The van der Waals surface area contributed by atoms with Gasteiger partial charge in [-0.05, 0) is 24.3 Å². The third kappa shape index (κ3) is 3.96. The number of hydrogen-bond acceptors (Lipinski definition) is 6. The number of pyridine rings is 2. The lowest BCUT2D eigenvalue weighted by Crippen LogP contribution is -2.14. The van der Waals surface area contributed by atoms with E-state index in [9.17, 15) is 9.90 Å². The fraction of sp³-hybridized carbons (Fsp3) is 0. The van der Waals surface area contributed by atoms with E-state index in [0.29, 0.717) is 28.0 Å². The molecular formula is C17H14ClN5O2. The van der Waals surface area contributed by atoms with E-state index in [1.165, 1.54) is 18.5 Å². The molecule has 1 amide bonds. The second-order valence-corrected chi connectivity index (χ2v) is 5.52. The van der Waals surface area contributed by atoms with Crippen LogP contribution in [0.15, 0.2) is 54.9 Å². The molecule has 0 fully saturated rings. The summed E-state index contributed by atoms with van der Waals surface area (Å²) >= 11 is 6.15. The normalized spacial score (nSPS) is 10.3. The summed E-state index contributed by atoms with van der Waals surface area (Å²) in [5.41, 5.74) is 6.73. The van der Waals surface area contributed by atoms with E-state index in [4.69, 9.17) is 17.3 Å². The Morgan fingerprint density at radius 3 is 2.44 bits per heavy atom. The minimum Gasteiger partial charge on any atom is -0.506 e. The number of rotatable bonds is 5. The molecule has 0 spiro atoms. The lowest BCUT2D eigenvalue weighted by Gasteiger charge is -2.13. The first-order valence-electron chi connectivity index (χ1n) is 7.26. The first-order chi connectivity index (χ1) is 12.0. The molecule has 0 unspecified atom stereocenters. The van der Waals surface area contributed by atoms with Gasteiger partial charge in [0.1, 0.15) is 17.4 Å². The molecule has 0 aliphatic rings. The van der Waals surface area contributed by atoms with Gasteiger partial charge in [0.15, 0.2) is 0 Å². The Morgan fingerprint density at radius 1 is 1.00 bits per heavy atom. The number of primary amides is 1. The van der Waals surface area contributed by atoms with Crippen LogP contribution in [0.25, 0.3) is 0 Å². The maximum Gasteiger partial charge on any atom is 0.252 e. The first-order valence-corrected chi connectivity index (χ1v) is 7.64. The molecule has 0 radical (unpaired) electrons. The van der Waals surface area contributed by atoms with Gasteiger partial charge < -0.3 is 21.5 Å². The maximum absolute atomic E-state index is 11.7. The van der Waals surface area contributed by atoms with Gasteiger partial charge >= 0.3 is 0 Å². The van der Waals surface area contributed by atoms with Gasteiger partial charge in [-0.2, -0.15) is 0 Å². The third-order valence-corrected chi connectivity index (χ3v) is 3.65. The van der Waals surface area contributed by atoms with Gasteiger partial charge in [-0.1, -0.05) is 23.7 Å². The zero-order valence-electron chi connectivity index (χ0n) is 12.9. The summed E-state index contributed by atoms with van der Waals surface area (Å²) in [4.78, 5) is 19.8. The van der Waals surface area contributed by atoms with Gasteiger partial charge in [-0.15, -0.1) is 0 Å². The van der Waals surface area contributed by atoms with E-state index >= 15 is 0 Å². The highest BCUT2D eigenvalue weighted by molar-refractivity contribution is 6.33. The molecule has 0 saturated heterocycles. The van der Waals surface area contributed by atoms with Crippen LogP contribution in [-0.4, -0.2) is 21.0 Å². The smallest absolute Gasteiger partial charge is 0.252 e. The van der Waals surface area contributed by atoms with Gasteiger partial charge in [0.05, 0.1) is 28.2 Å². The lowest BCUT2D eigenvalue weighted by molar-refractivity contribution is 0.100. The molecule has 0 aliphatic carbocycles. The summed E-state index contributed by atoms with van der Waals surface area (Å²) in [6, 6.07) is 11.8. The second kappa shape index (κ2) is 7.06. The van der Waals surface area contributed by atoms with Crippen molar-refractivity contribution in [3.8, 4) is 5.75 Å². The molecule has 25 heavy (non-hydrogen) atoms. The van der Waals surface area contributed by atoms with Crippen LogP contribution < -0.4 is 16.4 Å². The number of benzene rings is 1. The van der Waals surface area contributed by atoms with Crippen molar-refractivity contribution in [3.63, 3.8) is 0 Å². The standard InChI is InChI=1S/C17H14ClN5O2/c18-12-3-1-2-4-13(12)22-14-7-16(21-9-11(14)17(19)25)23-15-6-5-10(24)8-20-15/h1-9,24H,(H2,19,25)(H2,20,21,22,23). The number of aromatic nitrogens is 2. The van der Waals surface area contributed by atoms with E-state index in [1.54, 1.807) is 30.3 Å². The Balaban J connectivity index is 1.93. The van der Waals surface area contributed by atoms with Crippen LogP contribution in [0.3, 0.4) is 0 Å². The van der Waals surface area contributed by atoms with Gasteiger partial charge in [-0.25, -0.2) is 9.97 Å². The summed E-state index contributed by atoms with van der Waals surface area (Å²) in [6.45, 7) is 0. The zero-order valence-corrected chi connectivity index (χ0v) is 13.7. The molecule has 1 aromatic carbocycles. The predicted octanol–water partition coefficient (Wildman–Crippen LogP) is 3.42. The van der Waals surface area contributed by atoms with Gasteiger partial charge in [0.25, 0.3) is 5.91 Å². The van der Waals surface area contributed by atoms with Crippen LogP contribution in [0.4, 0.5) is 23.0 Å². The molecule has 5 N–H and O–H groups in total. The highest BCUT2D eigenvalue weighted by Gasteiger charge is 2.12. The van der Waals surface area contributed by atoms with E-state index < -0.39 is 5.91 Å². The Morgan fingerprint density at radius 2 is 1.76 bits per heavy atom. The van der Waals surface area contributed by atoms with Crippen LogP contribution >= 0.6 is 11.6 Å². The fourth-order valence-corrected chi connectivity index (χ4v) is 2.31. The molecule has 7 nitrogen and oxygen atoms in total. The third-order valence-electron chi connectivity index (χ3n) is 3.32. The minimum absolute atomic E-state index is 0.0589.